The Hall–Kier alpha value is -0.420. The first kappa shape index (κ1) is 12.0. The molecule has 1 fully saturated rings. The molecule has 0 bridgehead atoms. The zero-order chi connectivity index (χ0) is 11.7. The van der Waals surface area contributed by atoms with Crippen molar-refractivity contribution in [3.63, 3.8) is 0 Å². The fraction of sp³-hybridized carbons (Fsp3) is 0.636. The maximum absolute atomic E-state index is 12.2. The van der Waals surface area contributed by atoms with Gasteiger partial charge in [0.15, 0.2) is 5.78 Å². The van der Waals surface area contributed by atoms with Gasteiger partial charge >= 0.3 is 0 Å². The summed E-state index contributed by atoms with van der Waals surface area (Å²) in [5, 5.41) is 5.33. The third-order valence-corrected chi connectivity index (χ3v) is 6.22. The van der Waals surface area contributed by atoms with E-state index in [0.29, 0.717) is 10.5 Å². The average molecular weight is 256 g/mol. The monoisotopic (exact) mass is 256 g/mol. The summed E-state index contributed by atoms with van der Waals surface area (Å²) in [6.45, 7) is 4.43. The molecule has 0 N–H and O–H groups in total. The lowest BCUT2D eigenvalue weighted by atomic mass is 10.2. The van der Waals surface area contributed by atoms with Crippen LogP contribution < -0.4 is 0 Å². The van der Waals surface area contributed by atoms with Gasteiger partial charge in [-0.3, -0.25) is 9.48 Å². The highest BCUT2D eigenvalue weighted by Gasteiger charge is 2.31. The van der Waals surface area contributed by atoms with Crippen molar-refractivity contribution in [2.24, 2.45) is 7.05 Å². The molecule has 0 amide bonds. The number of hydrogen-bond acceptors (Lipinski definition) is 4. The van der Waals surface area contributed by atoms with Gasteiger partial charge in [0, 0.05) is 29.5 Å². The second-order valence-electron chi connectivity index (χ2n) is 4.14. The Morgan fingerprint density at radius 3 is 2.81 bits per heavy atom. The van der Waals surface area contributed by atoms with E-state index < -0.39 is 0 Å². The number of carbonyl (C=O) groups is 1. The van der Waals surface area contributed by atoms with Crippen molar-refractivity contribution in [1.82, 2.24) is 9.78 Å². The van der Waals surface area contributed by atoms with Gasteiger partial charge in [-0.25, -0.2) is 0 Å². The second kappa shape index (κ2) is 4.84. The van der Waals surface area contributed by atoms with Gasteiger partial charge in [-0.2, -0.15) is 16.9 Å². The number of nitrogens with zero attached hydrogens (tertiary/aromatic N) is 2. The molecule has 3 unspecified atom stereocenters. The van der Waals surface area contributed by atoms with E-state index in [0.717, 1.165) is 11.3 Å². The standard InChI is InChI=1S/C11H16N2OS2/c1-7-8(2)16-10(6-15-7)11(14)9-4-12-13(3)5-9/h4-5,7-8,10H,6H2,1-3H3. The summed E-state index contributed by atoms with van der Waals surface area (Å²) in [4.78, 5) is 12.2. The Kier molecular flexibility index (Phi) is 3.64. The minimum absolute atomic E-state index is 0.0976. The number of aryl methyl sites for hydroxylation is 1. The van der Waals surface area contributed by atoms with Crippen molar-refractivity contribution in [2.45, 2.75) is 29.6 Å². The van der Waals surface area contributed by atoms with E-state index in [9.17, 15) is 4.79 Å². The van der Waals surface area contributed by atoms with Crippen LogP contribution in [0.1, 0.15) is 24.2 Å². The SMILES string of the molecule is CC1SCC(C(=O)c2cnn(C)c2)SC1C. The molecular formula is C11H16N2OS2. The molecule has 1 aromatic heterocycles. The predicted octanol–water partition coefficient (Wildman–Crippen LogP) is 2.23. The molecule has 2 rings (SSSR count). The Morgan fingerprint density at radius 1 is 1.50 bits per heavy atom. The summed E-state index contributed by atoms with van der Waals surface area (Å²) in [6, 6.07) is 0. The molecule has 16 heavy (non-hydrogen) atoms. The zero-order valence-corrected chi connectivity index (χ0v) is 11.3. The summed E-state index contributed by atoms with van der Waals surface area (Å²) in [5.74, 6) is 1.15. The minimum Gasteiger partial charge on any atom is -0.293 e. The molecule has 0 saturated carbocycles. The number of aromatic nitrogens is 2. The highest BCUT2D eigenvalue weighted by Crippen LogP contribution is 2.36. The predicted molar refractivity (Wildman–Crippen MR) is 70.3 cm³/mol. The first-order chi connectivity index (χ1) is 7.58. The quantitative estimate of drug-likeness (QED) is 0.760. The van der Waals surface area contributed by atoms with Gasteiger partial charge in [0.05, 0.1) is 17.0 Å². The molecule has 1 aromatic rings. The van der Waals surface area contributed by atoms with Crippen molar-refractivity contribution in [2.75, 3.05) is 5.75 Å². The number of ketones is 1. The first-order valence-electron chi connectivity index (χ1n) is 5.38. The molecule has 0 spiro atoms. The molecular weight excluding hydrogens is 240 g/mol. The molecule has 1 saturated heterocycles. The van der Waals surface area contributed by atoms with Gasteiger partial charge in [0.1, 0.15) is 0 Å². The van der Waals surface area contributed by atoms with Crippen LogP contribution in [0.15, 0.2) is 12.4 Å². The smallest absolute Gasteiger partial charge is 0.179 e. The van der Waals surface area contributed by atoms with E-state index in [1.54, 1.807) is 28.8 Å². The fourth-order valence-corrected chi connectivity index (χ4v) is 4.53. The third-order valence-electron chi connectivity index (χ3n) is 2.83. The molecule has 3 atom stereocenters. The highest BCUT2D eigenvalue weighted by molar-refractivity contribution is 8.08. The highest BCUT2D eigenvalue weighted by atomic mass is 32.2. The minimum atomic E-state index is 0.0976. The van der Waals surface area contributed by atoms with Crippen LogP contribution in [0.2, 0.25) is 0 Å². The van der Waals surface area contributed by atoms with Gasteiger partial charge in [0.25, 0.3) is 0 Å². The van der Waals surface area contributed by atoms with E-state index >= 15 is 0 Å². The van der Waals surface area contributed by atoms with Crippen LogP contribution in [0, 0.1) is 0 Å². The van der Waals surface area contributed by atoms with Crippen molar-refractivity contribution in [3.8, 4) is 0 Å². The van der Waals surface area contributed by atoms with E-state index in [1.165, 1.54) is 0 Å². The Labute approximate surface area is 104 Å². The lowest BCUT2D eigenvalue weighted by Crippen LogP contribution is -2.31. The van der Waals surface area contributed by atoms with Gasteiger partial charge in [-0.05, 0) is 0 Å². The van der Waals surface area contributed by atoms with Crippen LogP contribution in [0.5, 0.6) is 0 Å². The fourth-order valence-electron chi connectivity index (χ4n) is 1.66. The summed E-state index contributed by atoms with van der Waals surface area (Å²) in [7, 11) is 1.84. The molecule has 3 nitrogen and oxygen atoms in total. The summed E-state index contributed by atoms with van der Waals surface area (Å²) in [5.41, 5.74) is 0.738. The van der Waals surface area contributed by atoms with Gasteiger partial charge < -0.3 is 0 Å². The normalized spacial score (nSPS) is 30.3. The molecule has 0 radical (unpaired) electrons. The van der Waals surface area contributed by atoms with E-state index in [2.05, 4.69) is 18.9 Å². The maximum Gasteiger partial charge on any atom is 0.179 e. The third kappa shape index (κ3) is 2.46. The topological polar surface area (TPSA) is 34.9 Å². The lowest BCUT2D eigenvalue weighted by Gasteiger charge is -2.30. The number of carbonyl (C=O) groups excluding carboxylic acids is 1. The van der Waals surface area contributed by atoms with Crippen LogP contribution in [-0.2, 0) is 7.05 Å². The van der Waals surface area contributed by atoms with Gasteiger partial charge in [0.2, 0.25) is 0 Å². The zero-order valence-electron chi connectivity index (χ0n) is 9.71. The second-order valence-corrected chi connectivity index (χ2v) is 7.13. The van der Waals surface area contributed by atoms with E-state index in [1.807, 2.05) is 18.8 Å². The summed E-state index contributed by atoms with van der Waals surface area (Å²) >= 11 is 3.69. The van der Waals surface area contributed by atoms with E-state index in [4.69, 9.17) is 0 Å². The molecule has 5 heteroatoms. The molecule has 88 valence electrons. The van der Waals surface area contributed by atoms with Crippen molar-refractivity contribution < 1.29 is 4.79 Å². The summed E-state index contributed by atoms with van der Waals surface area (Å²) < 4.78 is 1.68. The van der Waals surface area contributed by atoms with Crippen LogP contribution in [0.4, 0.5) is 0 Å². The average Bonchev–Trinajstić information content (AvgIpc) is 2.68. The lowest BCUT2D eigenvalue weighted by molar-refractivity contribution is 0.0994. The number of Topliss-reactive ketones (excluding diaryl/α,β-unsaturated/α-hetero) is 1. The van der Waals surface area contributed by atoms with Crippen LogP contribution >= 0.6 is 23.5 Å². The molecule has 0 aliphatic carbocycles. The Balaban J connectivity index is 2.06. The van der Waals surface area contributed by atoms with E-state index in [-0.39, 0.29) is 11.0 Å². The first-order valence-corrected chi connectivity index (χ1v) is 7.37. The molecule has 2 heterocycles. The van der Waals surface area contributed by atoms with Crippen LogP contribution in [-0.4, -0.2) is 37.1 Å². The largest absolute Gasteiger partial charge is 0.293 e. The number of thioether (sulfide) groups is 2. The van der Waals surface area contributed by atoms with Gasteiger partial charge in [-0.15, -0.1) is 11.8 Å². The maximum atomic E-state index is 12.2. The van der Waals surface area contributed by atoms with Crippen LogP contribution in [0.3, 0.4) is 0 Å². The van der Waals surface area contributed by atoms with Crippen molar-refractivity contribution in [3.05, 3.63) is 18.0 Å². The van der Waals surface area contributed by atoms with Gasteiger partial charge in [-0.1, -0.05) is 13.8 Å². The number of hydrogen-bond donors (Lipinski definition) is 0. The molecule has 0 aromatic carbocycles. The summed E-state index contributed by atoms with van der Waals surface area (Å²) in [6.07, 6.45) is 3.46. The van der Waals surface area contributed by atoms with Crippen molar-refractivity contribution >= 4 is 29.3 Å². The Bertz CT molecular complexity index is 391. The van der Waals surface area contributed by atoms with Crippen molar-refractivity contribution in [1.29, 1.82) is 0 Å². The molecule has 1 aliphatic heterocycles. The molecule has 1 aliphatic rings. The Morgan fingerprint density at radius 2 is 2.25 bits per heavy atom. The number of rotatable bonds is 2. The van der Waals surface area contributed by atoms with Crippen LogP contribution in [0.25, 0.3) is 0 Å².